The highest BCUT2D eigenvalue weighted by atomic mass is 19.1. The van der Waals surface area contributed by atoms with E-state index >= 15 is 0 Å². The van der Waals surface area contributed by atoms with Gasteiger partial charge in [0.25, 0.3) is 0 Å². The summed E-state index contributed by atoms with van der Waals surface area (Å²) in [5, 5.41) is 9.67. The average molecular weight is 361 g/mol. The molecule has 1 N–H and O–H groups in total. The summed E-state index contributed by atoms with van der Waals surface area (Å²) in [4.78, 5) is 13.6. The smallest absolute Gasteiger partial charge is 0.320 e. The number of carboxylic acid groups (broad SMARTS) is 1. The maximum absolute atomic E-state index is 14.0. The number of methoxy groups -OCH3 is 1. The van der Waals surface area contributed by atoms with Crippen molar-refractivity contribution in [2.45, 2.75) is 31.3 Å². The van der Waals surface area contributed by atoms with E-state index in [-0.39, 0.29) is 5.82 Å². The van der Waals surface area contributed by atoms with E-state index in [1.54, 1.807) is 12.1 Å². The molecule has 1 fully saturated rings. The highest BCUT2D eigenvalue weighted by Crippen LogP contribution is 2.38. The Labute approximate surface area is 151 Å². The summed E-state index contributed by atoms with van der Waals surface area (Å²) in [7, 11) is 1.49. The van der Waals surface area contributed by atoms with Crippen molar-refractivity contribution in [3.63, 3.8) is 0 Å². The minimum absolute atomic E-state index is 0.382. The number of aliphatic carboxylic acids is 1. The molecule has 1 heterocycles. The maximum atomic E-state index is 14.0. The third-order valence-electron chi connectivity index (χ3n) is 4.83. The quantitative estimate of drug-likeness (QED) is 0.875. The number of benzene rings is 2. The van der Waals surface area contributed by atoms with Gasteiger partial charge in [0, 0.05) is 5.56 Å². The molecule has 2 aromatic rings. The first-order valence-corrected chi connectivity index (χ1v) is 8.58. The fourth-order valence-corrected chi connectivity index (χ4v) is 3.64. The number of likely N-dealkylation sites (tertiary alicyclic amines) is 1. The van der Waals surface area contributed by atoms with Crippen LogP contribution in [-0.4, -0.2) is 35.7 Å². The second-order valence-electron chi connectivity index (χ2n) is 6.43. The molecule has 1 aliphatic heterocycles. The van der Waals surface area contributed by atoms with Crippen molar-refractivity contribution in [2.24, 2.45) is 0 Å². The molecule has 0 amide bonds. The number of carboxylic acids is 1. The van der Waals surface area contributed by atoms with Gasteiger partial charge in [0.05, 0.1) is 13.2 Å². The van der Waals surface area contributed by atoms with E-state index in [1.165, 1.54) is 37.4 Å². The van der Waals surface area contributed by atoms with Crippen LogP contribution >= 0.6 is 0 Å². The Kier molecular flexibility index (Phi) is 5.52. The molecule has 2 atom stereocenters. The number of piperidine rings is 1. The highest BCUT2D eigenvalue weighted by Gasteiger charge is 2.36. The Morgan fingerprint density at radius 2 is 1.85 bits per heavy atom. The summed E-state index contributed by atoms with van der Waals surface area (Å²) < 4.78 is 32.8. The molecule has 2 aromatic carbocycles. The summed E-state index contributed by atoms with van der Waals surface area (Å²) in [6.07, 6.45) is 2.19. The Morgan fingerprint density at radius 1 is 1.15 bits per heavy atom. The van der Waals surface area contributed by atoms with Gasteiger partial charge in [0.1, 0.15) is 23.4 Å². The lowest BCUT2D eigenvalue weighted by Gasteiger charge is -2.40. The molecule has 0 aliphatic carbocycles. The molecule has 3 rings (SSSR count). The van der Waals surface area contributed by atoms with Gasteiger partial charge in [-0.3, -0.25) is 9.69 Å². The predicted octanol–water partition coefficient (Wildman–Crippen LogP) is 4.00. The van der Waals surface area contributed by atoms with E-state index in [4.69, 9.17) is 4.74 Å². The van der Waals surface area contributed by atoms with E-state index < -0.39 is 23.9 Å². The fourth-order valence-electron chi connectivity index (χ4n) is 3.64. The van der Waals surface area contributed by atoms with Crippen molar-refractivity contribution in [3.05, 3.63) is 65.2 Å². The number of hydrogen-bond acceptors (Lipinski definition) is 3. The molecule has 26 heavy (non-hydrogen) atoms. The minimum Gasteiger partial charge on any atom is -0.496 e. The normalized spacial score (nSPS) is 19.1. The van der Waals surface area contributed by atoms with Crippen LogP contribution in [0.3, 0.4) is 0 Å². The van der Waals surface area contributed by atoms with Crippen LogP contribution in [0.5, 0.6) is 5.75 Å². The van der Waals surface area contributed by atoms with Gasteiger partial charge in [-0.05, 0) is 55.3 Å². The molecular formula is C20H21F2NO3. The summed E-state index contributed by atoms with van der Waals surface area (Å²) >= 11 is 0. The van der Waals surface area contributed by atoms with Crippen LogP contribution in [0.25, 0.3) is 0 Å². The van der Waals surface area contributed by atoms with Crippen molar-refractivity contribution in [1.29, 1.82) is 0 Å². The summed E-state index contributed by atoms with van der Waals surface area (Å²) in [6, 6.07) is 8.84. The molecule has 138 valence electrons. The number of hydrogen-bond donors (Lipinski definition) is 1. The predicted molar refractivity (Wildman–Crippen MR) is 93.2 cm³/mol. The van der Waals surface area contributed by atoms with Gasteiger partial charge >= 0.3 is 5.97 Å². The van der Waals surface area contributed by atoms with Gasteiger partial charge in [-0.15, -0.1) is 0 Å². The third kappa shape index (κ3) is 3.70. The van der Waals surface area contributed by atoms with Gasteiger partial charge in [-0.25, -0.2) is 8.78 Å². The molecule has 0 bridgehead atoms. The van der Waals surface area contributed by atoms with Gasteiger partial charge in [-0.1, -0.05) is 18.6 Å². The zero-order valence-electron chi connectivity index (χ0n) is 14.5. The lowest BCUT2D eigenvalue weighted by Crippen LogP contribution is -2.47. The monoisotopic (exact) mass is 361 g/mol. The fraction of sp³-hybridized carbons (Fsp3) is 0.350. The Morgan fingerprint density at radius 3 is 2.50 bits per heavy atom. The van der Waals surface area contributed by atoms with Crippen LogP contribution in [0.2, 0.25) is 0 Å². The first-order valence-electron chi connectivity index (χ1n) is 8.58. The molecule has 6 heteroatoms. The molecule has 0 saturated carbocycles. The van der Waals surface area contributed by atoms with Crippen LogP contribution in [0.4, 0.5) is 8.78 Å². The first-order chi connectivity index (χ1) is 12.5. The topological polar surface area (TPSA) is 49.8 Å². The minimum atomic E-state index is -0.910. The van der Waals surface area contributed by atoms with Crippen molar-refractivity contribution in [3.8, 4) is 5.75 Å². The second kappa shape index (κ2) is 7.83. The number of halogens is 2. The van der Waals surface area contributed by atoms with E-state index in [0.717, 1.165) is 12.8 Å². The molecule has 1 saturated heterocycles. The largest absolute Gasteiger partial charge is 0.496 e. The van der Waals surface area contributed by atoms with Gasteiger partial charge in [0.15, 0.2) is 0 Å². The molecule has 4 nitrogen and oxygen atoms in total. The summed E-state index contributed by atoms with van der Waals surface area (Å²) in [5.41, 5.74) is 1.23. The van der Waals surface area contributed by atoms with Crippen LogP contribution in [-0.2, 0) is 4.79 Å². The Hall–Kier alpha value is -2.47. The summed E-state index contributed by atoms with van der Waals surface area (Å²) in [5.74, 6) is -1.26. The van der Waals surface area contributed by atoms with Crippen molar-refractivity contribution in [1.82, 2.24) is 4.90 Å². The van der Waals surface area contributed by atoms with Gasteiger partial charge in [-0.2, -0.15) is 0 Å². The number of ether oxygens (including phenoxy) is 1. The highest BCUT2D eigenvalue weighted by molar-refractivity contribution is 5.73. The SMILES string of the molecule is COc1ccc(F)cc1C(c1ccc(F)cc1)N1CCCCC1C(=O)O. The zero-order valence-corrected chi connectivity index (χ0v) is 14.5. The lowest BCUT2D eigenvalue weighted by atomic mass is 9.91. The Balaban J connectivity index is 2.15. The standard InChI is InChI=1S/C20H21F2NO3/c1-26-18-10-9-15(22)12-16(18)19(13-5-7-14(21)8-6-13)23-11-3-2-4-17(23)20(24)25/h5-10,12,17,19H,2-4,11H2,1H3,(H,24,25). The second-order valence-corrected chi connectivity index (χ2v) is 6.43. The molecule has 0 spiro atoms. The van der Waals surface area contributed by atoms with E-state index in [9.17, 15) is 18.7 Å². The van der Waals surface area contributed by atoms with Crippen LogP contribution in [0.1, 0.15) is 36.4 Å². The lowest BCUT2D eigenvalue weighted by molar-refractivity contribution is -0.145. The average Bonchev–Trinajstić information content (AvgIpc) is 2.64. The molecule has 0 aromatic heterocycles. The van der Waals surface area contributed by atoms with Crippen molar-refractivity contribution < 1.29 is 23.4 Å². The Bertz CT molecular complexity index is 779. The van der Waals surface area contributed by atoms with E-state index in [1.807, 2.05) is 4.90 Å². The number of nitrogens with zero attached hydrogens (tertiary/aromatic N) is 1. The van der Waals surface area contributed by atoms with E-state index in [2.05, 4.69) is 0 Å². The number of carbonyl (C=O) groups is 1. The van der Waals surface area contributed by atoms with Crippen molar-refractivity contribution in [2.75, 3.05) is 13.7 Å². The van der Waals surface area contributed by atoms with Crippen LogP contribution in [0, 0.1) is 11.6 Å². The molecule has 2 unspecified atom stereocenters. The van der Waals surface area contributed by atoms with Crippen LogP contribution in [0.15, 0.2) is 42.5 Å². The van der Waals surface area contributed by atoms with Gasteiger partial charge < -0.3 is 9.84 Å². The molecule has 1 aliphatic rings. The van der Waals surface area contributed by atoms with E-state index in [0.29, 0.717) is 29.8 Å². The zero-order chi connectivity index (χ0) is 18.7. The number of rotatable bonds is 5. The summed E-state index contributed by atoms with van der Waals surface area (Å²) in [6.45, 7) is 0.554. The van der Waals surface area contributed by atoms with Crippen LogP contribution < -0.4 is 4.74 Å². The first kappa shape index (κ1) is 18.3. The van der Waals surface area contributed by atoms with Gasteiger partial charge in [0.2, 0.25) is 0 Å². The molecular weight excluding hydrogens is 340 g/mol. The maximum Gasteiger partial charge on any atom is 0.320 e. The van der Waals surface area contributed by atoms with Crippen molar-refractivity contribution >= 4 is 5.97 Å². The molecule has 0 radical (unpaired) electrons. The third-order valence-corrected chi connectivity index (χ3v) is 4.83.